The summed E-state index contributed by atoms with van der Waals surface area (Å²) in [6.45, 7) is 4.02. The molecule has 37 heavy (non-hydrogen) atoms. The molecule has 1 saturated carbocycles. The van der Waals surface area contributed by atoms with Crippen molar-refractivity contribution in [2.45, 2.75) is 63.8 Å². The zero-order valence-corrected chi connectivity index (χ0v) is 21.1. The topological polar surface area (TPSA) is 122 Å². The van der Waals surface area contributed by atoms with Gasteiger partial charge in [0.1, 0.15) is 29.2 Å². The smallest absolute Gasteiger partial charge is 0.284 e. The average molecular weight is 501 g/mol. The lowest BCUT2D eigenvalue weighted by Gasteiger charge is -2.34. The monoisotopic (exact) mass is 500 g/mol. The van der Waals surface area contributed by atoms with Crippen molar-refractivity contribution in [2.75, 3.05) is 28.6 Å². The fourth-order valence-corrected chi connectivity index (χ4v) is 5.96. The molecule has 6 rings (SSSR count). The molecule has 2 fully saturated rings. The molecule has 3 aromatic heterocycles. The Labute approximate surface area is 216 Å². The van der Waals surface area contributed by atoms with Crippen molar-refractivity contribution in [1.29, 1.82) is 0 Å². The molecule has 10 heteroatoms. The van der Waals surface area contributed by atoms with E-state index in [9.17, 15) is 10.0 Å². The quantitative estimate of drug-likeness (QED) is 0.352. The van der Waals surface area contributed by atoms with Crippen molar-refractivity contribution in [1.82, 2.24) is 20.3 Å². The van der Waals surface area contributed by atoms with Crippen molar-refractivity contribution in [3.05, 3.63) is 58.8 Å². The Morgan fingerprint density at radius 3 is 2.41 bits per heavy atom. The lowest BCUT2D eigenvalue weighted by atomic mass is 9.79. The van der Waals surface area contributed by atoms with Gasteiger partial charge in [-0.25, -0.2) is 20.0 Å². The second-order valence-corrected chi connectivity index (χ2v) is 10.3. The van der Waals surface area contributed by atoms with Gasteiger partial charge >= 0.3 is 0 Å². The number of hydrogen-bond donors (Lipinski definition) is 3. The Balaban J connectivity index is 1.22. The number of fused-ring (bicyclic) bond motifs is 2. The molecule has 1 amide bonds. The molecule has 1 saturated heterocycles. The summed E-state index contributed by atoms with van der Waals surface area (Å²) in [5, 5.41) is 23.1. The van der Waals surface area contributed by atoms with Gasteiger partial charge in [0.2, 0.25) is 5.82 Å². The number of piperidine rings is 1. The molecule has 3 N–H and O–H groups in total. The highest BCUT2D eigenvalue weighted by molar-refractivity contribution is 6.00. The van der Waals surface area contributed by atoms with Crippen LogP contribution in [0.25, 0.3) is 0 Å². The Kier molecular flexibility index (Phi) is 6.02. The first-order chi connectivity index (χ1) is 18.0. The van der Waals surface area contributed by atoms with Crippen LogP contribution in [0.1, 0.15) is 73.0 Å². The predicted octanol–water partition coefficient (Wildman–Crippen LogP) is 4.19. The minimum absolute atomic E-state index is 0.155. The van der Waals surface area contributed by atoms with Crippen LogP contribution in [0.3, 0.4) is 0 Å². The van der Waals surface area contributed by atoms with Crippen LogP contribution >= 0.6 is 0 Å². The van der Waals surface area contributed by atoms with E-state index in [-0.39, 0.29) is 5.91 Å². The predicted molar refractivity (Wildman–Crippen MR) is 141 cm³/mol. The van der Waals surface area contributed by atoms with Gasteiger partial charge in [0.15, 0.2) is 0 Å². The third-order valence-electron chi connectivity index (χ3n) is 7.79. The number of hydrogen-bond acceptors (Lipinski definition) is 8. The van der Waals surface area contributed by atoms with Crippen LogP contribution in [-0.4, -0.2) is 33.9 Å². The fraction of sp³-hybridized carbons (Fsp3) is 0.444. The first-order valence-electron chi connectivity index (χ1n) is 13.2. The number of nitrogens with one attached hydrogen (secondary N) is 3. The van der Waals surface area contributed by atoms with Gasteiger partial charge < -0.3 is 20.7 Å². The number of aryl methyl sites for hydroxylation is 1. The van der Waals surface area contributed by atoms with Gasteiger partial charge in [-0.3, -0.25) is 4.79 Å². The highest BCUT2D eigenvalue weighted by atomic mass is 16.5. The van der Waals surface area contributed by atoms with Gasteiger partial charge in [0, 0.05) is 25.2 Å². The van der Waals surface area contributed by atoms with Gasteiger partial charge in [-0.15, -0.1) is 0 Å². The van der Waals surface area contributed by atoms with E-state index < -0.39 is 5.54 Å². The first kappa shape index (κ1) is 23.4. The Morgan fingerprint density at radius 1 is 0.946 bits per heavy atom. The van der Waals surface area contributed by atoms with Crippen LogP contribution < -0.4 is 25.6 Å². The maximum atomic E-state index is 13.6. The molecule has 1 spiro atoms. The number of aromatic nitrogens is 4. The van der Waals surface area contributed by atoms with Crippen molar-refractivity contribution < 1.29 is 9.52 Å². The van der Waals surface area contributed by atoms with E-state index in [2.05, 4.69) is 41.9 Å². The van der Waals surface area contributed by atoms with E-state index in [0.29, 0.717) is 34.5 Å². The zero-order chi connectivity index (χ0) is 25.4. The van der Waals surface area contributed by atoms with E-state index in [1.54, 1.807) is 12.1 Å². The number of pyridine rings is 2. The number of carbonyl (C=O) groups is 1. The van der Waals surface area contributed by atoms with E-state index in [1.807, 2.05) is 19.2 Å². The third kappa shape index (κ3) is 4.41. The Hall–Kier alpha value is -3.95. The molecule has 0 aromatic carbocycles. The minimum Gasteiger partial charge on any atom is -0.710 e. The van der Waals surface area contributed by atoms with Gasteiger partial charge in [-0.1, -0.05) is 19.3 Å². The van der Waals surface area contributed by atoms with E-state index in [0.717, 1.165) is 61.2 Å². The molecule has 0 atom stereocenters. The summed E-state index contributed by atoms with van der Waals surface area (Å²) in [6.07, 6.45) is 11.7. The SMILES string of the molecule is Cc1cc(Nc2cc(Nc3ccc(N4CCCCC4)cn3)ncn2)[n+]([O-])c2c1C(=O)NC21CCCCC1. The highest BCUT2D eigenvalue weighted by Gasteiger charge is 2.48. The van der Waals surface area contributed by atoms with Gasteiger partial charge in [-0.05, 0) is 56.7 Å². The number of carbonyl (C=O) groups excluding carboxylic acids is 1. The molecule has 0 unspecified atom stereocenters. The van der Waals surface area contributed by atoms with Crippen molar-refractivity contribution >= 4 is 34.9 Å². The summed E-state index contributed by atoms with van der Waals surface area (Å²) in [7, 11) is 0. The fourth-order valence-electron chi connectivity index (χ4n) is 5.96. The lowest BCUT2D eigenvalue weighted by molar-refractivity contribution is -0.603. The number of anilines is 5. The van der Waals surface area contributed by atoms with Gasteiger partial charge in [-0.2, -0.15) is 4.98 Å². The normalized spacial score (nSPS) is 18.4. The third-order valence-corrected chi connectivity index (χ3v) is 7.79. The summed E-state index contributed by atoms with van der Waals surface area (Å²) >= 11 is 0. The lowest BCUT2D eigenvalue weighted by Crippen LogP contribution is -2.49. The highest BCUT2D eigenvalue weighted by Crippen LogP contribution is 2.42. The number of amides is 1. The Bertz CT molecular complexity index is 1310. The Morgan fingerprint density at radius 2 is 1.68 bits per heavy atom. The van der Waals surface area contributed by atoms with E-state index in [1.165, 1.54) is 25.6 Å². The standard InChI is InChI=1S/C27H32N8O2/c1-18-14-23(35(37)25-24(18)26(36)33-27(25)10-4-2-5-11-27)32-22-15-21(29-17-30-22)31-20-9-8-19(16-28-20)34-12-6-3-7-13-34/h8-9,14-17H,2-7,10-13H2,1H3,(H,33,36)(H2,28,29,30,31,32). The summed E-state index contributed by atoms with van der Waals surface area (Å²) < 4.78 is 0.877. The number of nitrogens with zero attached hydrogens (tertiary/aromatic N) is 5. The maximum Gasteiger partial charge on any atom is 0.284 e. The van der Waals surface area contributed by atoms with Crippen LogP contribution in [0.2, 0.25) is 0 Å². The summed E-state index contributed by atoms with van der Waals surface area (Å²) in [5.41, 5.74) is 2.36. The van der Waals surface area contributed by atoms with Crippen LogP contribution in [0.15, 0.2) is 36.8 Å². The minimum atomic E-state index is -0.584. The van der Waals surface area contributed by atoms with E-state index in [4.69, 9.17) is 0 Å². The molecule has 0 radical (unpaired) electrons. The molecule has 3 aromatic rings. The van der Waals surface area contributed by atoms with Crippen LogP contribution in [0.5, 0.6) is 0 Å². The molecule has 192 valence electrons. The molecule has 1 aliphatic carbocycles. The molecule has 2 aliphatic heterocycles. The van der Waals surface area contributed by atoms with Gasteiger partial charge in [0.25, 0.3) is 11.7 Å². The number of rotatable bonds is 5. The molecule has 0 bridgehead atoms. The van der Waals surface area contributed by atoms with Crippen molar-refractivity contribution in [3.8, 4) is 0 Å². The molecular weight excluding hydrogens is 468 g/mol. The summed E-state index contributed by atoms with van der Waals surface area (Å²) in [5.74, 6) is 1.90. The first-order valence-corrected chi connectivity index (χ1v) is 13.2. The zero-order valence-electron chi connectivity index (χ0n) is 21.1. The molecule has 3 aliphatic rings. The second-order valence-electron chi connectivity index (χ2n) is 10.3. The summed E-state index contributed by atoms with van der Waals surface area (Å²) in [4.78, 5) is 28.3. The van der Waals surface area contributed by atoms with Crippen molar-refractivity contribution in [2.24, 2.45) is 0 Å². The molecule has 5 heterocycles. The molecule has 10 nitrogen and oxygen atoms in total. The average Bonchev–Trinajstić information content (AvgIpc) is 3.20. The van der Waals surface area contributed by atoms with Crippen molar-refractivity contribution in [3.63, 3.8) is 0 Å². The molecular formula is C27H32N8O2. The van der Waals surface area contributed by atoms with Crippen LogP contribution in [0, 0.1) is 12.1 Å². The van der Waals surface area contributed by atoms with Crippen LogP contribution in [0.4, 0.5) is 29.0 Å². The second kappa shape index (κ2) is 9.49. The van der Waals surface area contributed by atoms with Crippen LogP contribution in [-0.2, 0) is 5.54 Å². The maximum absolute atomic E-state index is 13.6. The van der Waals surface area contributed by atoms with E-state index >= 15 is 0 Å². The largest absolute Gasteiger partial charge is 0.710 e. The van der Waals surface area contributed by atoms with Gasteiger partial charge in [0.05, 0.1) is 17.4 Å². The summed E-state index contributed by atoms with van der Waals surface area (Å²) in [6, 6.07) is 7.47.